The van der Waals surface area contributed by atoms with E-state index in [4.69, 9.17) is 16.3 Å². The van der Waals surface area contributed by atoms with Gasteiger partial charge >= 0.3 is 0 Å². The van der Waals surface area contributed by atoms with Crippen molar-refractivity contribution in [3.05, 3.63) is 63.7 Å². The largest absolute Gasteiger partial charge is 0.487 e. The average Bonchev–Trinajstić information content (AvgIpc) is 2.73. The highest BCUT2D eigenvalue weighted by Gasteiger charge is 2.30. The molecular formula is C18H17ClO2. The molecule has 0 amide bonds. The van der Waals surface area contributed by atoms with Gasteiger partial charge in [-0.2, -0.15) is 0 Å². The number of halogens is 1. The molecule has 0 aliphatic carbocycles. The van der Waals surface area contributed by atoms with Gasteiger partial charge in [-0.15, -0.1) is 0 Å². The second-order valence-electron chi connectivity index (χ2n) is 6.15. The maximum absolute atomic E-state index is 12.6. The van der Waals surface area contributed by atoms with Crippen molar-refractivity contribution in [3.8, 4) is 5.75 Å². The second kappa shape index (κ2) is 4.88. The van der Waals surface area contributed by atoms with Crippen LogP contribution in [0, 0.1) is 6.92 Å². The van der Waals surface area contributed by atoms with E-state index in [-0.39, 0.29) is 11.4 Å². The molecule has 3 rings (SSSR count). The highest BCUT2D eigenvalue weighted by atomic mass is 35.5. The van der Waals surface area contributed by atoms with Gasteiger partial charge in [-0.1, -0.05) is 23.7 Å². The summed E-state index contributed by atoms with van der Waals surface area (Å²) >= 11 is 6.10. The second-order valence-corrected chi connectivity index (χ2v) is 6.56. The Balaban J connectivity index is 1.95. The molecule has 1 aliphatic rings. The molecule has 2 aromatic rings. The number of benzene rings is 2. The smallest absolute Gasteiger partial charge is 0.193 e. The van der Waals surface area contributed by atoms with E-state index < -0.39 is 0 Å². The Morgan fingerprint density at radius 1 is 1.14 bits per heavy atom. The van der Waals surface area contributed by atoms with Gasteiger partial charge in [-0.3, -0.25) is 4.79 Å². The molecule has 0 fully saturated rings. The Bertz CT molecular complexity index is 732. The lowest BCUT2D eigenvalue weighted by Crippen LogP contribution is -2.24. The molecule has 2 nitrogen and oxygen atoms in total. The Morgan fingerprint density at radius 2 is 1.81 bits per heavy atom. The van der Waals surface area contributed by atoms with Crippen LogP contribution >= 0.6 is 11.6 Å². The van der Waals surface area contributed by atoms with E-state index in [0.717, 1.165) is 23.3 Å². The monoisotopic (exact) mass is 300 g/mol. The number of ketones is 1. The summed E-state index contributed by atoms with van der Waals surface area (Å²) in [5.74, 6) is 0.864. The molecule has 0 bridgehead atoms. The van der Waals surface area contributed by atoms with Gasteiger partial charge in [0.2, 0.25) is 0 Å². The van der Waals surface area contributed by atoms with Gasteiger partial charge in [0.05, 0.1) is 0 Å². The van der Waals surface area contributed by atoms with Gasteiger partial charge in [0.15, 0.2) is 5.78 Å². The minimum absolute atomic E-state index is 0.00981. The van der Waals surface area contributed by atoms with Crippen LogP contribution in [0.5, 0.6) is 5.75 Å². The number of hydrogen-bond acceptors (Lipinski definition) is 2. The van der Waals surface area contributed by atoms with Crippen LogP contribution in [0.2, 0.25) is 5.02 Å². The molecule has 0 aromatic heterocycles. The van der Waals surface area contributed by atoms with Crippen LogP contribution in [0.4, 0.5) is 0 Å². The van der Waals surface area contributed by atoms with Crippen LogP contribution in [-0.2, 0) is 6.42 Å². The summed E-state index contributed by atoms with van der Waals surface area (Å²) < 4.78 is 5.84. The number of ether oxygens (including phenoxy) is 1. The van der Waals surface area contributed by atoms with Gasteiger partial charge in [0, 0.05) is 22.6 Å². The fraction of sp³-hybridized carbons (Fsp3) is 0.278. The molecule has 2 aromatic carbocycles. The zero-order valence-corrected chi connectivity index (χ0v) is 13.1. The summed E-state index contributed by atoms with van der Waals surface area (Å²) in [7, 11) is 0. The van der Waals surface area contributed by atoms with E-state index in [1.807, 2.05) is 51.1 Å². The third-order valence-electron chi connectivity index (χ3n) is 3.76. The van der Waals surface area contributed by atoms with Crippen molar-refractivity contribution < 1.29 is 9.53 Å². The van der Waals surface area contributed by atoms with Crippen LogP contribution in [0.25, 0.3) is 0 Å². The Labute approximate surface area is 129 Å². The normalized spacial score (nSPS) is 15.4. The van der Waals surface area contributed by atoms with Gasteiger partial charge in [0.1, 0.15) is 11.4 Å². The number of carbonyl (C=O) groups excluding carboxylic acids is 1. The molecule has 0 N–H and O–H groups in total. The zero-order valence-electron chi connectivity index (χ0n) is 12.4. The van der Waals surface area contributed by atoms with Crippen molar-refractivity contribution in [2.45, 2.75) is 32.8 Å². The van der Waals surface area contributed by atoms with E-state index in [9.17, 15) is 4.79 Å². The Kier molecular flexibility index (Phi) is 3.29. The standard InChI is InChI=1S/C18H17ClO2/c1-11-4-5-13(9-15(11)19)17(20)12-6-7-16-14(8-12)10-18(2,3)21-16/h4-9H,10H2,1-3H3. The molecule has 0 radical (unpaired) electrons. The molecule has 0 unspecified atom stereocenters. The molecular weight excluding hydrogens is 284 g/mol. The van der Waals surface area contributed by atoms with Gasteiger partial charge in [-0.25, -0.2) is 0 Å². The van der Waals surface area contributed by atoms with E-state index in [1.54, 1.807) is 6.07 Å². The third kappa shape index (κ3) is 2.68. The number of carbonyl (C=O) groups is 1. The van der Waals surface area contributed by atoms with E-state index in [2.05, 4.69) is 0 Å². The van der Waals surface area contributed by atoms with E-state index in [0.29, 0.717) is 16.1 Å². The summed E-state index contributed by atoms with van der Waals surface area (Å²) in [5.41, 5.74) is 3.15. The first-order valence-electron chi connectivity index (χ1n) is 6.98. The van der Waals surface area contributed by atoms with Crippen LogP contribution < -0.4 is 4.74 Å². The number of hydrogen-bond donors (Lipinski definition) is 0. The van der Waals surface area contributed by atoms with Crippen molar-refractivity contribution in [1.29, 1.82) is 0 Å². The molecule has 21 heavy (non-hydrogen) atoms. The lowest BCUT2D eigenvalue weighted by atomic mass is 9.97. The van der Waals surface area contributed by atoms with E-state index in [1.165, 1.54) is 0 Å². The predicted octanol–water partition coefficient (Wildman–Crippen LogP) is 4.59. The first-order valence-corrected chi connectivity index (χ1v) is 7.36. The minimum Gasteiger partial charge on any atom is -0.487 e. The summed E-state index contributed by atoms with van der Waals surface area (Å²) in [4.78, 5) is 12.6. The third-order valence-corrected chi connectivity index (χ3v) is 4.17. The van der Waals surface area contributed by atoms with Crippen LogP contribution in [0.3, 0.4) is 0 Å². The average molecular weight is 301 g/mol. The number of fused-ring (bicyclic) bond motifs is 1. The van der Waals surface area contributed by atoms with E-state index >= 15 is 0 Å². The zero-order chi connectivity index (χ0) is 15.2. The quantitative estimate of drug-likeness (QED) is 0.758. The fourth-order valence-electron chi connectivity index (χ4n) is 2.65. The van der Waals surface area contributed by atoms with Gasteiger partial charge in [0.25, 0.3) is 0 Å². The molecule has 108 valence electrons. The first-order chi connectivity index (χ1) is 9.85. The molecule has 0 spiro atoms. The summed E-state index contributed by atoms with van der Waals surface area (Å²) in [6.45, 7) is 6.02. The van der Waals surface area contributed by atoms with Crippen molar-refractivity contribution in [2.75, 3.05) is 0 Å². The highest BCUT2D eigenvalue weighted by molar-refractivity contribution is 6.31. The van der Waals surface area contributed by atoms with Crippen molar-refractivity contribution in [3.63, 3.8) is 0 Å². The highest BCUT2D eigenvalue weighted by Crippen LogP contribution is 2.35. The predicted molar refractivity (Wildman–Crippen MR) is 84.5 cm³/mol. The van der Waals surface area contributed by atoms with Gasteiger partial charge in [-0.05, 0) is 56.2 Å². The Hall–Kier alpha value is -1.80. The summed E-state index contributed by atoms with van der Waals surface area (Å²) in [6, 6.07) is 11.0. The fourth-order valence-corrected chi connectivity index (χ4v) is 2.83. The van der Waals surface area contributed by atoms with Crippen molar-refractivity contribution >= 4 is 17.4 Å². The SMILES string of the molecule is Cc1ccc(C(=O)c2ccc3c(c2)CC(C)(C)O3)cc1Cl. The lowest BCUT2D eigenvalue weighted by molar-refractivity contribution is 0.103. The first kappa shape index (κ1) is 14.2. The van der Waals surface area contributed by atoms with Crippen molar-refractivity contribution in [1.82, 2.24) is 0 Å². The molecule has 0 saturated heterocycles. The summed E-state index contributed by atoms with van der Waals surface area (Å²) in [5, 5.41) is 0.617. The van der Waals surface area contributed by atoms with Gasteiger partial charge < -0.3 is 4.74 Å². The number of rotatable bonds is 2. The molecule has 3 heteroatoms. The minimum atomic E-state index is -0.197. The molecule has 1 heterocycles. The topological polar surface area (TPSA) is 26.3 Å². The van der Waals surface area contributed by atoms with Crippen LogP contribution in [0.15, 0.2) is 36.4 Å². The molecule has 0 saturated carbocycles. The van der Waals surface area contributed by atoms with Crippen LogP contribution in [0.1, 0.15) is 40.9 Å². The Morgan fingerprint density at radius 3 is 2.52 bits per heavy atom. The molecule has 1 aliphatic heterocycles. The number of aryl methyl sites for hydroxylation is 1. The van der Waals surface area contributed by atoms with Crippen LogP contribution in [-0.4, -0.2) is 11.4 Å². The molecule has 0 atom stereocenters. The van der Waals surface area contributed by atoms with Crippen molar-refractivity contribution in [2.24, 2.45) is 0 Å². The summed E-state index contributed by atoms with van der Waals surface area (Å²) in [6.07, 6.45) is 0.818. The lowest BCUT2D eigenvalue weighted by Gasteiger charge is -2.16. The maximum Gasteiger partial charge on any atom is 0.193 e. The maximum atomic E-state index is 12.6.